The van der Waals surface area contributed by atoms with E-state index in [0.29, 0.717) is 18.1 Å². The number of carbonyl (C=O) groups is 3. The van der Waals surface area contributed by atoms with Crippen LogP contribution in [-0.4, -0.2) is 30.6 Å². The Bertz CT molecular complexity index is 802. The number of amides is 3. The van der Waals surface area contributed by atoms with E-state index in [-0.39, 0.29) is 18.2 Å². The summed E-state index contributed by atoms with van der Waals surface area (Å²) in [7, 11) is 0. The second kappa shape index (κ2) is 9.37. The molecule has 0 radical (unpaired) electrons. The highest BCUT2D eigenvalue weighted by Gasteiger charge is 2.22. The molecule has 0 saturated carbocycles. The Morgan fingerprint density at radius 2 is 1.85 bits per heavy atom. The molecule has 0 aliphatic carbocycles. The average molecular weight is 378 g/mol. The van der Waals surface area contributed by atoms with Crippen molar-refractivity contribution in [2.24, 2.45) is 0 Å². The zero-order chi connectivity index (χ0) is 19.8. The first-order valence-corrected chi connectivity index (χ1v) is 8.15. The zero-order valence-corrected chi connectivity index (χ0v) is 14.8. The Balaban J connectivity index is 1.85. The first-order chi connectivity index (χ1) is 12.9. The van der Waals surface area contributed by atoms with Crippen molar-refractivity contribution in [1.82, 2.24) is 10.6 Å². The average Bonchev–Trinajstić information content (AvgIpc) is 3.10. The van der Waals surface area contributed by atoms with Crippen LogP contribution in [0.4, 0.5) is 9.18 Å². The second-order valence-corrected chi connectivity index (χ2v) is 5.40. The molecule has 1 unspecified atom stereocenters. The van der Waals surface area contributed by atoms with Crippen molar-refractivity contribution in [2.75, 3.05) is 6.54 Å². The molecule has 144 valence electrons. The molecule has 1 heterocycles. The molecule has 0 saturated heterocycles. The van der Waals surface area contributed by atoms with Gasteiger partial charge in [0.15, 0.2) is 6.10 Å². The second-order valence-electron chi connectivity index (χ2n) is 5.40. The normalized spacial score (nSPS) is 11.4. The first-order valence-electron chi connectivity index (χ1n) is 8.15. The molecule has 0 spiro atoms. The maximum absolute atomic E-state index is 12.8. The van der Waals surface area contributed by atoms with Crippen LogP contribution >= 0.6 is 0 Å². The summed E-state index contributed by atoms with van der Waals surface area (Å²) in [5, 5.41) is 4.43. The van der Waals surface area contributed by atoms with Crippen LogP contribution in [0.3, 0.4) is 0 Å². The molecule has 8 nitrogen and oxygen atoms in total. The largest absolute Gasteiger partial charge is 0.486 e. The lowest BCUT2D eigenvalue weighted by Gasteiger charge is -2.12. The van der Waals surface area contributed by atoms with Gasteiger partial charge in [-0.25, -0.2) is 14.0 Å². The van der Waals surface area contributed by atoms with Crippen LogP contribution < -0.4 is 15.4 Å². The fraction of sp³-hybridized carbons (Fsp3) is 0.278. The van der Waals surface area contributed by atoms with Crippen molar-refractivity contribution >= 4 is 17.9 Å². The molecule has 1 aromatic carbocycles. The summed E-state index contributed by atoms with van der Waals surface area (Å²) in [6, 6.07) is 7.65. The van der Waals surface area contributed by atoms with Gasteiger partial charge in [0, 0.05) is 6.54 Å². The third kappa shape index (κ3) is 6.14. The summed E-state index contributed by atoms with van der Waals surface area (Å²) in [6.07, 6.45) is -1.19. The number of nitrogens with one attached hydrogen (secondary N) is 2. The van der Waals surface area contributed by atoms with Gasteiger partial charge < -0.3 is 19.2 Å². The number of halogens is 1. The number of rotatable bonds is 7. The molecule has 27 heavy (non-hydrogen) atoms. The number of hydrogen-bond acceptors (Lipinski definition) is 6. The van der Waals surface area contributed by atoms with Gasteiger partial charge >= 0.3 is 12.0 Å². The fourth-order valence-electron chi connectivity index (χ4n) is 1.94. The van der Waals surface area contributed by atoms with Gasteiger partial charge in [-0.3, -0.25) is 10.1 Å². The lowest BCUT2D eigenvalue weighted by molar-refractivity contribution is -0.128. The minimum absolute atomic E-state index is 0.0200. The molecule has 1 atom stereocenters. The standard InChI is InChI=1S/C18H19FN2O6/c1-3-20-18(24)21-16(22)11(2)26-17(23)15-9-8-14(27-15)10-25-13-6-4-12(19)5-7-13/h4-9,11H,3,10H2,1-2H3,(H2,20,21,22,24). The van der Waals surface area contributed by atoms with E-state index in [4.69, 9.17) is 13.9 Å². The Morgan fingerprint density at radius 3 is 2.52 bits per heavy atom. The van der Waals surface area contributed by atoms with Gasteiger partial charge in [0.2, 0.25) is 5.76 Å². The molecule has 2 N–H and O–H groups in total. The predicted molar refractivity (Wildman–Crippen MR) is 91.5 cm³/mol. The summed E-state index contributed by atoms with van der Waals surface area (Å²) < 4.78 is 28.5. The summed E-state index contributed by atoms with van der Waals surface area (Å²) in [4.78, 5) is 35.1. The van der Waals surface area contributed by atoms with E-state index in [2.05, 4.69) is 5.32 Å². The van der Waals surface area contributed by atoms with E-state index in [1.165, 1.54) is 43.3 Å². The summed E-state index contributed by atoms with van der Waals surface area (Å²) in [5.74, 6) is -1.35. The van der Waals surface area contributed by atoms with Gasteiger partial charge in [0.05, 0.1) is 0 Å². The SMILES string of the molecule is CCNC(=O)NC(=O)C(C)OC(=O)c1ccc(COc2ccc(F)cc2)o1. The Morgan fingerprint density at radius 1 is 1.15 bits per heavy atom. The lowest BCUT2D eigenvalue weighted by Crippen LogP contribution is -2.44. The van der Waals surface area contributed by atoms with Crippen molar-refractivity contribution in [3.8, 4) is 5.75 Å². The third-order valence-electron chi connectivity index (χ3n) is 3.28. The predicted octanol–water partition coefficient (Wildman–Crippen LogP) is 2.39. The first kappa shape index (κ1) is 20.0. The maximum atomic E-state index is 12.8. The third-order valence-corrected chi connectivity index (χ3v) is 3.28. The molecule has 9 heteroatoms. The van der Waals surface area contributed by atoms with Gasteiger partial charge in [-0.05, 0) is 50.2 Å². The van der Waals surface area contributed by atoms with E-state index in [1.54, 1.807) is 6.92 Å². The molecule has 2 aromatic rings. The Kier molecular flexibility index (Phi) is 6.93. The van der Waals surface area contributed by atoms with Crippen molar-refractivity contribution in [2.45, 2.75) is 26.6 Å². The highest BCUT2D eigenvalue weighted by molar-refractivity contribution is 5.98. The molecule has 3 amide bonds. The number of furan rings is 1. The van der Waals surface area contributed by atoms with Gasteiger partial charge in [0.1, 0.15) is 23.9 Å². The maximum Gasteiger partial charge on any atom is 0.375 e. The van der Waals surface area contributed by atoms with Crippen molar-refractivity contribution in [3.63, 3.8) is 0 Å². The quantitative estimate of drug-likeness (QED) is 0.717. The molecule has 0 fully saturated rings. The van der Waals surface area contributed by atoms with Crippen molar-refractivity contribution < 1.29 is 32.7 Å². The summed E-state index contributed by atoms with van der Waals surface area (Å²) in [6.45, 7) is 3.39. The van der Waals surface area contributed by atoms with E-state index in [0.717, 1.165) is 0 Å². The molecule has 1 aromatic heterocycles. The Labute approximate surface area is 154 Å². The monoisotopic (exact) mass is 378 g/mol. The number of esters is 1. The fourth-order valence-corrected chi connectivity index (χ4v) is 1.94. The number of benzene rings is 1. The van der Waals surface area contributed by atoms with Gasteiger partial charge in [-0.15, -0.1) is 0 Å². The van der Waals surface area contributed by atoms with Crippen LogP contribution in [0.15, 0.2) is 40.8 Å². The van der Waals surface area contributed by atoms with E-state index < -0.39 is 24.0 Å². The smallest absolute Gasteiger partial charge is 0.375 e. The van der Waals surface area contributed by atoms with Crippen LogP contribution in [0, 0.1) is 5.82 Å². The van der Waals surface area contributed by atoms with Crippen molar-refractivity contribution in [3.05, 3.63) is 53.7 Å². The van der Waals surface area contributed by atoms with Crippen LogP contribution in [-0.2, 0) is 16.1 Å². The summed E-state index contributed by atoms with van der Waals surface area (Å²) in [5.41, 5.74) is 0. The van der Waals surface area contributed by atoms with E-state index >= 15 is 0 Å². The molecule has 0 aliphatic rings. The molecular weight excluding hydrogens is 359 g/mol. The zero-order valence-electron chi connectivity index (χ0n) is 14.8. The molecular formula is C18H19FN2O6. The highest BCUT2D eigenvalue weighted by atomic mass is 19.1. The van der Waals surface area contributed by atoms with Gasteiger partial charge in [-0.2, -0.15) is 0 Å². The van der Waals surface area contributed by atoms with E-state index in [9.17, 15) is 18.8 Å². The number of carbonyl (C=O) groups excluding carboxylic acids is 3. The van der Waals surface area contributed by atoms with Crippen LogP contribution in [0.25, 0.3) is 0 Å². The number of ether oxygens (including phenoxy) is 2. The summed E-state index contributed by atoms with van der Waals surface area (Å²) >= 11 is 0. The van der Waals surface area contributed by atoms with Crippen LogP contribution in [0.2, 0.25) is 0 Å². The van der Waals surface area contributed by atoms with E-state index in [1.807, 2.05) is 5.32 Å². The lowest BCUT2D eigenvalue weighted by atomic mass is 10.3. The minimum atomic E-state index is -1.19. The minimum Gasteiger partial charge on any atom is -0.486 e. The van der Waals surface area contributed by atoms with Gasteiger partial charge in [0.25, 0.3) is 5.91 Å². The molecule has 2 rings (SSSR count). The van der Waals surface area contributed by atoms with Crippen LogP contribution in [0.5, 0.6) is 5.75 Å². The molecule has 0 aliphatic heterocycles. The molecule has 0 bridgehead atoms. The van der Waals surface area contributed by atoms with Crippen molar-refractivity contribution in [1.29, 1.82) is 0 Å². The Hall–Kier alpha value is -3.36. The topological polar surface area (TPSA) is 107 Å². The van der Waals surface area contributed by atoms with Crippen LogP contribution in [0.1, 0.15) is 30.2 Å². The highest BCUT2D eigenvalue weighted by Crippen LogP contribution is 2.16. The number of hydrogen-bond donors (Lipinski definition) is 2. The van der Waals surface area contributed by atoms with Gasteiger partial charge in [-0.1, -0.05) is 0 Å². The number of urea groups is 1. The number of imide groups is 1.